The van der Waals surface area contributed by atoms with E-state index < -0.39 is 0 Å². The highest BCUT2D eigenvalue weighted by Gasteiger charge is 2.13. The maximum absolute atomic E-state index is 11.5. The highest BCUT2D eigenvalue weighted by molar-refractivity contribution is 7.98. The fraction of sp³-hybridized carbons (Fsp3) is 0.200. The summed E-state index contributed by atoms with van der Waals surface area (Å²) < 4.78 is 0. The third-order valence-corrected chi connectivity index (χ3v) is 4.28. The van der Waals surface area contributed by atoms with Gasteiger partial charge in [0.2, 0.25) is 5.91 Å². The topological polar surface area (TPSA) is 94.0 Å². The van der Waals surface area contributed by atoms with Gasteiger partial charge in [-0.05, 0) is 30.2 Å². The number of hydrogen-bond acceptors (Lipinski definition) is 5. The zero-order chi connectivity index (χ0) is 15.2. The van der Waals surface area contributed by atoms with Crippen LogP contribution in [0, 0.1) is 0 Å². The molecule has 0 aliphatic heterocycles. The minimum absolute atomic E-state index is 0.196. The molecule has 110 valence electrons. The summed E-state index contributed by atoms with van der Waals surface area (Å²) in [5.41, 5.74) is 10.8. The lowest BCUT2D eigenvalue weighted by Crippen LogP contribution is -2.33. The molecule has 1 unspecified atom stereocenters. The molecule has 1 atom stereocenters. The van der Waals surface area contributed by atoms with Crippen LogP contribution in [-0.2, 0) is 10.5 Å². The first-order chi connectivity index (χ1) is 10.1. The molecule has 1 aromatic heterocycles. The van der Waals surface area contributed by atoms with E-state index in [1.165, 1.54) is 0 Å². The molecule has 0 radical (unpaired) electrons. The van der Waals surface area contributed by atoms with Gasteiger partial charge in [0, 0.05) is 11.9 Å². The molecule has 2 aromatic rings. The van der Waals surface area contributed by atoms with Crippen molar-refractivity contribution in [1.29, 1.82) is 0 Å². The highest BCUT2D eigenvalue weighted by atomic mass is 32.2. The monoisotopic (exact) mass is 302 g/mol. The molecule has 1 heterocycles. The van der Waals surface area contributed by atoms with Crippen LogP contribution in [0.4, 0.5) is 5.69 Å². The van der Waals surface area contributed by atoms with E-state index in [1.807, 2.05) is 43.3 Å². The number of hydrazine groups is 1. The fourth-order valence-electron chi connectivity index (χ4n) is 1.85. The predicted molar refractivity (Wildman–Crippen MR) is 85.4 cm³/mol. The number of nitrogen functional groups attached to an aromatic ring is 1. The van der Waals surface area contributed by atoms with Crippen LogP contribution in [0.3, 0.4) is 0 Å². The second kappa shape index (κ2) is 7.10. The lowest BCUT2D eigenvalue weighted by atomic mass is 10.00. The fourth-order valence-corrected chi connectivity index (χ4v) is 2.72. The number of anilines is 1. The van der Waals surface area contributed by atoms with Gasteiger partial charge in [-0.1, -0.05) is 36.0 Å². The summed E-state index contributed by atoms with van der Waals surface area (Å²) >= 11 is 1.59. The third-order valence-electron chi connectivity index (χ3n) is 3.19. The number of carbonyl (C=O) groups excluding carboxylic acids is 1. The van der Waals surface area contributed by atoms with Crippen molar-refractivity contribution in [3.63, 3.8) is 0 Å². The number of nitrogens with zero attached hydrogens (tertiary/aromatic N) is 1. The minimum atomic E-state index is -0.261. The Kier molecular flexibility index (Phi) is 5.19. The zero-order valence-electron chi connectivity index (χ0n) is 11.7. The average Bonchev–Trinajstić information content (AvgIpc) is 2.53. The summed E-state index contributed by atoms with van der Waals surface area (Å²) in [6.45, 7) is 1.82. The Balaban J connectivity index is 2.00. The van der Waals surface area contributed by atoms with Crippen LogP contribution < -0.4 is 17.0 Å². The van der Waals surface area contributed by atoms with Crippen molar-refractivity contribution >= 4 is 23.4 Å². The van der Waals surface area contributed by atoms with Gasteiger partial charge >= 0.3 is 0 Å². The molecule has 1 amide bonds. The van der Waals surface area contributed by atoms with Gasteiger partial charge in [0.1, 0.15) is 5.03 Å². The summed E-state index contributed by atoms with van der Waals surface area (Å²) in [6.07, 6.45) is 1.73. The van der Waals surface area contributed by atoms with Gasteiger partial charge in [0.05, 0.1) is 11.6 Å². The number of pyridine rings is 1. The second-order valence-corrected chi connectivity index (χ2v) is 5.62. The molecule has 5 nitrogen and oxygen atoms in total. The number of thioether (sulfide) groups is 1. The Morgan fingerprint density at radius 2 is 2.05 bits per heavy atom. The van der Waals surface area contributed by atoms with E-state index in [1.54, 1.807) is 18.0 Å². The van der Waals surface area contributed by atoms with Crippen LogP contribution in [0.25, 0.3) is 0 Å². The Morgan fingerprint density at radius 1 is 1.33 bits per heavy atom. The van der Waals surface area contributed by atoms with Gasteiger partial charge in [0.25, 0.3) is 0 Å². The Hall–Kier alpha value is -2.05. The molecular weight excluding hydrogens is 284 g/mol. The predicted octanol–water partition coefficient (Wildman–Crippen LogP) is 2.05. The average molecular weight is 302 g/mol. The van der Waals surface area contributed by atoms with Gasteiger partial charge in [-0.25, -0.2) is 10.8 Å². The summed E-state index contributed by atoms with van der Waals surface area (Å²) in [4.78, 5) is 15.7. The van der Waals surface area contributed by atoms with Crippen molar-refractivity contribution in [2.75, 3.05) is 5.73 Å². The Bertz CT molecular complexity index is 615. The minimum Gasteiger partial charge on any atom is -0.397 e. The molecule has 2 rings (SSSR count). The number of rotatable bonds is 5. The van der Waals surface area contributed by atoms with Gasteiger partial charge in [0.15, 0.2) is 0 Å². The van der Waals surface area contributed by atoms with Gasteiger partial charge < -0.3 is 5.73 Å². The molecule has 0 spiro atoms. The smallest absolute Gasteiger partial charge is 0.241 e. The Morgan fingerprint density at radius 3 is 2.67 bits per heavy atom. The maximum Gasteiger partial charge on any atom is 0.241 e. The standard InChI is InChI=1S/C15H18N4OS/c1-10(14(20)19-17)12-6-4-11(5-7-12)9-21-15-13(16)3-2-8-18-15/h2-8,10H,9,16-17H2,1H3,(H,19,20). The number of hydrogen-bond donors (Lipinski definition) is 3. The number of benzene rings is 1. The molecule has 6 heteroatoms. The van der Waals surface area contributed by atoms with E-state index in [-0.39, 0.29) is 11.8 Å². The van der Waals surface area contributed by atoms with Crippen LogP contribution >= 0.6 is 11.8 Å². The molecule has 0 saturated heterocycles. The van der Waals surface area contributed by atoms with Crippen LogP contribution in [0.1, 0.15) is 24.0 Å². The summed E-state index contributed by atoms with van der Waals surface area (Å²) in [5, 5.41) is 0.831. The van der Waals surface area contributed by atoms with Crippen molar-refractivity contribution in [3.8, 4) is 0 Å². The van der Waals surface area contributed by atoms with Crippen LogP contribution in [0.2, 0.25) is 0 Å². The molecule has 0 aliphatic carbocycles. The molecular formula is C15H18N4OS. The molecule has 0 bridgehead atoms. The van der Waals surface area contributed by atoms with E-state index >= 15 is 0 Å². The summed E-state index contributed by atoms with van der Waals surface area (Å²) in [6, 6.07) is 11.5. The van der Waals surface area contributed by atoms with Gasteiger partial charge in [-0.3, -0.25) is 10.2 Å². The van der Waals surface area contributed by atoms with E-state index in [9.17, 15) is 4.79 Å². The highest BCUT2D eigenvalue weighted by Crippen LogP contribution is 2.26. The van der Waals surface area contributed by atoms with Crippen LogP contribution in [0.5, 0.6) is 0 Å². The van der Waals surface area contributed by atoms with E-state index in [4.69, 9.17) is 11.6 Å². The van der Waals surface area contributed by atoms with Crippen LogP contribution in [0.15, 0.2) is 47.6 Å². The van der Waals surface area contributed by atoms with E-state index in [0.29, 0.717) is 5.69 Å². The second-order valence-electron chi connectivity index (χ2n) is 4.66. The molecule has 21 heavy (non-hydrogen) atoms. The number of amides is 1. The number of nitrogens with two attached hydrogens (primary N) is 2. The van der Waals surface area contributed by atoms with E-state index in [2.05, 4.69) is 10.4 Å². The van der Waals surface area contributed by atoms with Crippen molar-refractivity contribution in [3.05, 3.63) is 53.7 Å². The maximum atomic E-state index is 11.5. The Labute approximate surface area is 128 Å². The first-order valence-electron chi connectivity index (χ1n) is 6.54. The summed E-state index contributed by atoms with van der Waals surface area (Å²) in [5.74, 6) is 5.46. The first-order valence-corrected chi connectivity index (χ1v) is 7.53. The number of carbonyl (C=O) groups is 1. The first kappa shape index (κ1) is 15.3. The largest absolute Gasteiger partial charge is 0.397 e. The number of aromatic nitrogens is 1. The normalized spacial score (nSPS) is 11.9. The summed E-state index contributed by atoms with van der Waals surface area (Å²) in [7, 11) is 0. The molecule has 0 aliphatic rings. The van der Waals surface area contributed by atoms with Crippen molar-refractivity contribution in [2.24, 2.45) is 5.84 Å². The zero-order valence-corrected chi connectivity index (χ0v) is 12.6. The lowest BCUT2D eigenvalue weighted by molar-refractivity contribution is -0.122. The van der Waals surface area contributed by atoms with E-state index in [0.717, 1.165) is 21.9 Å². The SMILES string of the molecule is CC(C(=O)NN)c1ccc(CSc2ncccc2N)cc1. The van der Waals surface area contributed by atoms with Crippen molar-refractivity contribution in [2.45, 2.75) is 23.6 Å². The molecule has 1 aromatic carbocycles. The van der Waals surface area contributed by atoms with Crippen LogP contribution in [-0.4, -0.2) is 10.9 Å². The molecule has 0 fully saturated rings. The van der Waals surface area contributed by atoms with Gasteiger partial charge in [-0.15, -0.1) is 0 Å². The molecule has 0 saturated carbocycles. The van der Waals surface area contributed by atoms with Gasteiger partial charge in [-0.2, -0.15) is 0 Å². The number of nitrogens with one attached hydrogen (secondary N) is 1. The van der Waals surface area contributed by atoms with Crippen molar-refractivity contribution in [1.82, 2.24) is 10.4 Å². The molecule has 5 N–H and O–H groups in total. The third kappa shape index (κ3) is 3.96. The quantitative estimate of drug-likeness (QED) is 0.340. The lowest BCUT2D eigenvalue weighted by Gasteiger charge is -2.10. The van der Waals surface area contributed by atoms with Crippen molar-refractivity contribution < 1.29 is 4.79 Å².